The number of anilines is 1. The van der Waals surface area contributed by atoms with Crippen LogP contribution in [0.3, 0.4) is 0 Å². The summed E-state index contributed by atoms with van der Waals surface area (Å²) in [6.45, 7) is 3.33. The van der Waals surface area contributed by atoms with E-state index in [-0.39, 0.29) is 17.4 Å². The number of sulfonamides is 1. The first-order valence-corrected chi connectivity index (χ1v) is 8.31. The van der Waals surface area contributed by atoms with Crippen molar-refractivity contribution in [2.24, 2.45) is 0 Å². The van der Waals surface area contributed by atoms with E-state index in [1.165, 1.54) is 19.2 Å². The Labute approximate surface area is 131 Å². The maximum atomic E-state index is 12.7. The molecular formula is C13H15BrN2O4S. The Morgan fingerprint density at radius 1 is 1.29 bits per heavy atom. The number of aromatic nitrogens is 1. The minimum Gasteiger partial charge on any atom is -0.363 e. The van der Waals surface area contributed by atoms with Gasteiger partial charge >= 0.3 is 0 Å². The number of benzene rings is 1. The third-order valence-electron chi connectivity index (χ3n) is 3.02. The molecule has 0 fully saturated rings. The van der Waals surface area contributed by atoms with Crippen LogP contribution in [0.25, 0.3) is 0 Å². The second-order valence-corrected chi connectivity index (χ2v) is 7.19. The van der Waals surface area contributed by atoms with Gasteiger partial charge in [0.05, 0.1) is 4.90 Å². The number of hydrogen-bond acceptors (Lipinski definition) is 5. The van der Waals surface area contributed by atoms with Crippen molar-refractivity contribution < 1.29 is 17.7 Å². The van der Waals surface area contributed by atoms with Crippen molar-refractivity contribution in [1.29, 1.82) is 0 Å². The highest BCUT2D eigenvalue weighted by Crippen LogP contribution is 2.27. The topological polar surface area (TPSA) is 72.6 Å². The molecule has 0 unspecified atom stereocenters. The van der Waals surface area contributed by atoms with Gasteiger partial charge in [0.15, 0.2) is 5.82 Å². The first-order valence-electron chi connectivity index (χ1n) is 6.08. The zero-order valence-corrected chi connectivity index (χ0v) is 14.2. The highest BCUT2D eigenvalue weighted by molar-refractivity contribution is 9.10. The van der Waals surface area contributed by atoms with Crippen LogP contribution in [0.15, 0.2) is 38.2 Å². The predicted molar refractivity (Wildman–Crippen MR) is 81.7 cm³/mol. The average molecular weight is 375 g/mol. The van der Waals surface area contributed by atoms with Gasteiger partial charge in [-0.25, -0.2) is 12.7 Å². The molecule has 0 amide bonds. The van der Waals surface area contributed by atoms with Crippen molar-refractivity contribution in [3.63, 3.8) is 0 Å². The van der Waals surface area contributed by atoms with Gasteiger partial charge in [-0.3, -0.25) is 0 Å². The first kappa shape index (κ1) is 16.0. The molecule has 0 aliphatic heterocycles. The van der Waals surface area contributed by atoms with Crippen LogP contribution in [0.2, 0.25) is 0 Å². The molecule has 1 aromatic heterocycles. The molecule has 0 aliphatic rings. The molecule has 0 saturated carbocycles. The molecule has 0 saturated heterocycles. The molecular weight excluding hydrogens is 360 g/mol. The molecule has 0 aliphatic carbocycles. The Bertz CT molecular complexity index is 725. The van der Waals surface area contributed by atoms with Crippen LogP contribution in [-0.2, 0) is 14.8 Å². The van der Waals surface area contributed by atoms with Crippen molar-refractivity contribution in [3.8, 4) is 0 Å². The van der Waals surface area contributed by atoms with Crippen molar-refractivity contribution in [3.05, 3.63) is 40.1 Å². The van der Waals surface area contributed by atoms with Crippen LogP contribution in [0.5, 0.6) is 0 Å². The summed E-state index contributed by atoms with van der Waals surface area (Å²) in [7, 11) is -2.35. The standard InChI is InChI=1S/C13H15BrN2O4S/c1-9-10(2)20-15-13(9)16(8-19-3)21(17,18)12-6-4-11(14)5-7-12/h4-7H,8H2,1-3H3. The lowest BCUT2D eigenvalue weighted by Gasteiger charge is -2.21. The van der Waals surface area contributed by atoms with Crippen molar-refractivity contribution in [1.82, 2.24) is 5.16 Å². The number of methoxy groups -OCH3 is 1. The third-order valence-corrected chi connectivity index (χ3v) is 5.27. The molecule has 114 valence electrons. The highest BCUT2D eigenvalue weighted by Gasteiger charge is 2.29. The first-order chi connectivity index (χ1) is 9.87. The molecule has 0 N–H and O–H groups in total. The van der Waals surface area contributed by atoms with Gasteiger partial charge in [-0.05, 0) is 38.1 Å². The van der Waals surface area contributed by atoms with E-state index in [2.05, 4.69) is 21.1 Å². The molecule has 0 spiro atoms. The summed E-state index contributed by atoms with van der Waals surface area (Å²) in [5.74, 6) is 0.800. The van der Waals surface area contributed by atoms with Crippen LogP contribution in [0.4, 0.5) is 5.82 Å². The second-order valence-electron chi connectivity index (χ2n) is 4.41. The fourth-order valence-corrected chi connectivity index (χ4v) is 3.38. The highest BCUT2D eigenvalue weighted by atomic mass is 79.9. The molecule has 0 atom stereocenters. The smallest absolute Gasteiger partial charge is 0.267 e. The number of halogens is 1. The van der Waals surface area contributed by atoms with Crippen molar-refractivity contribution in [2.75, 3.05) is 18.1 Å². The van der Waals surface area contributed by atoms with Gasteiger partial charge in [-0.2, -0.15) is 0 Å². The molecule has 0 radical (unpaired) electrons. The van der Waals surface area contributed by atoms with Gasteiger partial charge in [0.1, 0.15) is 12.5 Å². The average Bonchev–Trinajstić information content (AvgIpc) is 2.77. The lowest BCUT2D eigenvalue weighted by atomic mass is 10.3. The van der Waals surface area contributed by atoms with Crippen LogP contribution in [-0.4, -0.2) is 27.4 Å². The lowest BCUT2D eigenvalue weighted by molar-refractivity contribution is 0.208. The quantitative estimate of drug-likeness (QED) is 0.752. The van der Waals surface area contributed by atoms with E-state index in [1.54, 1.807) is 26.0 Å². The molecule has 2 aromatic rings. The van der Waals surface area contributed by atoms with E-state index in [9.17, 15) is 8.42 Å². The summed E-state index contributed by atoms with van der Waals surface area (Å²) in [5.41, 5.74) is 0.660. The van der Waals surface area contributed by atoms with Gasteiger partial charge in [0.25, 0.3) is 10.0 Å². The van der Waals surface area contributed by atoms with E-state index in [1.807, 2.05) is 0 Å². The van der Waals surface area contributed by atoms with E-state index < -0.39 is 10.0 Å². The molecule has 2 rings (SSSR count). The summed E-state index contributed by atoms with van der Waals surface area (Å²) in [5, 5.41) is 3.83. The van der Waals surface area contributed by atoms with Gasteiger partial charge in [0, 0.05) is 17.1 Å². The normalized spacial score (nSPS) is 11.6. The summed E-state index contributed by atoms with van der Waals surface area (Å²) >= 11 is 3.28. The third kappa shape index (κ3) is 3.12. The Morgan fingerprint density at radius 2 is 1.90 bits per heavy atom. The fraction of sp³-hybridized carbons (Fsp3) is 0.308. The number of hydrogen-bond donors (Lipinski definition) is 0. The minimum atomic E-state index is -3.78. The summed E-state index contributed by atoms with van der Waals surface area (Å²) in [6, 6.07) is 6.37. The molecule has 6 nitrogen and oxygen atoms in total. The number of rotatable bonds is 5. The Morgan fingerprint density at radius 3 is 2.38 bits per heavy atom. The van der Waals surface area contributed by atoms with E-state index in [0.29, 0.717) is 11.3 Å². The Hall–Kier alpha value is -1.38. The monoisotopic (exact) mass is 374 g/mol. The molecule has 8 heteroatoms. The minimum absolute atomic E-state index is 0.148. The van der Waals surface area contributed by atoms with Gasteiger partial charge < -0.3 is 9.26 Å². The van der Waals surface area contributed by atoms with E-state index in [4.69, 9.17) is 9.26 Å². The zero-order valence-electron chi connectivity index (χ0n) is 11.8. The zero-order chi connectivity index (χ0) is 15.6. The number of aryl methyl sites for hydroxylation is 1. The number of ether oxygens (including phenoxy) is 1. The lowest BCUT2D eigenvalue weighted by Crippen LogP contribution is -2.33. The fourth-order valence-electron chi connectivity index (χ4n) is 1.73. The van der Waals surface area contributed by atoms with E-state index in [0.717, 1.165) is 8.78 Å². The van der Waals surface area contributed by atoms with Crippen LogP contribution >= 0.6 is 15.9 Å². The SMILES string of the molecule is COCN(c1noc(C)c1C)S(=O)(=O)c1ccc(Br)cc1. The van der Waals surface area contributed by atoms with Crippen molar-refractivity contribution >= 4 is 31.8 Å². The Balaban J connectivity index is 2.51. The molecule has 21 heavy (non-hydrogen) atoms. The van der Waals surface area contributed by atoms with Gasteiger partial charge in [-0.1, -0.05) is 21.1 Å². The summed E-state index contributed by atoms with van der Waals surface area (Å²) in [4.78, 5) is 0.155. The molecule has 1 aromatic carbocycles. The predicted octanol–water partition coefficient (Wildman–Crippen LogP) is 2.85. The summed E-state index contributed by atoms with van der Waals surface area (Å²) in [6.07, 6.45) is 0. The largest absolute Gasteiger partial charge is 0.363 e. The van der Waals surface area contributed by atoms with Gasteiger partial charge in [-0.15, -0.1) is 0 Å². The van der Waals surface area contributed by atoms with Crippen LogP contribution < -0.4 is 4.31 Å². The van der Waals surface area contributed by atoms with Crippen LogP contribution in [0.1, 0.15) is 11.3 Å². The van der Waals surface area contributed by atoms with Crippen molar-refractivity contribution in [2.45, 2.75) is 18.7 Å². The maximum Gasteiger partial charge on any atom is 0.267 e. The maximum absolute atomic E-state index is 12.7. The number of nitrogens with zero attached hydrogens (tertiary/aromatic N) is 2. The summed E-state index contributed by atoms with van der Waals surface area (Å²) < 4.78 is 37.4. The second kappa shape index (κ2) is 6.17. The molecule has 0 bridgehead atoms. The Kier molecular flexibility index (Phi) is 4.70. The van der Waals surface area contributed by atoms with Gasteiger partial charge in [0.2, 0.25) is 0 Å². The van der Waals surface area contributed by atoms with E-state index >= 15 is 0 Å². The van der Waals surface area contributed by atoms with Crippen LogP contribution in [0, 0.1) is 13.8 Å². The molecule has 1 heterocycles.